The van der Waals surface area contributed by atoms with Gasteiger partial charge in [0.1, 0.15) is 0 Å². The average Bonchev–Trinajstić information content (AvgIpc) is 3.52. The number of nitrogen functional groups attached to an aromatic ring is 1. The quantitative estimate of drug-likeness (QED) is 0.337. The van der Waals surface area contributed by atoms with Crippen molar-refractivity contribution in [1.29, 1.82) is 0 Å². The first-order chi connectivity index (χ1) is 13.5. The number of ketones is 1. The molecule has 0 atom stereocenters. The molecule has 3 rings (SSSR count). The molecule has 0 aliphatic heterocycles. The van der Waals surface area contributed by atoms with Gasteiger partial charge in [-0.15, -0.1) is 0 Å². The summed E-state index contributed by atoms with van der Waals surface area (Å²) in [5.74, 6) is 0.333. The average molecular weight is 398 g/mol. The Labute approximate surface area is 168 Å². The van der Waals surface area contributed by atoms with Crippen LogP contribution in [0.5, 0.6) is 0 Å². The minimum Gasteiger partial charge on any atom is -0.451 e. The van der Waals surface area contributed by atoms with Crippen molar-refractivity contribution in [3.05, 3.63) is 59.2 Å². The van der Waals surface area contributed by atoms with Crippen molar-refractivity contribution >= 4 is 40.2 Å². The molecule has 1 saturated carbocycles. The van der Waals surface area contributed by atoms with Gasteiger partial charge in [0.2, 0.25) is 0 Å². The zero-order chi connectivity index (χ0) is 20.1. The van der Waals surface area contributed by atoms with Gasteiger partial charge >= 0.3 is 6.09 Å². The molecule has 1 fully saturated rings. The van der Waals surface area contributed by atoms with E-state index in [0.717, 1.165) is 35.2 Å². The Morgan fingerprint density at radius 2 is 2.04 bits per heavy atom. The smallest absolute Gasteiger partial charge is 0.435 e. The van der Waals surface area contributed by atoms with Crippen LogP contribution in [-0.4, -0.2) is 30.4 Å². The molecule has 146 valence electrons. The van der Waals surface area contributed by atoms with Gasteiger partial charge in [-0.2, -0.15) is 4.99 Å². The number of rotatable bonds is 5. The second kappa shape index (κ2) is 8.93. The maximum absolute atomic E-state index is 12.7. The van der Waals surface area contributed by atoms with Gasteiger partial charge in [0.15, 0.2) is 11.0 Å². The zero-order valence-electron chi connectivity index (χ0n) is 15.9. The van der Waals surface area contributed by atoms with Crippen LogP contribution >= 0.6 is 11.8 Å². The zero-order valence-corrected chi connectivity index (χ0v) is 16.7. The molecule has 28 heavy (non-hydrogen) atoms. The highest BCUT2D eigenvalue weighted by molar-refractivity contribution is 8.13. The van der Waals surface area contributed by atoms with Crippen LogP contribution in [0.15, 0.2) is 47.5 Å². The number of benzene rings is 2. The van der Waals surface area contributed by atoms with Crippen LogP contribution in [0.4, 0.5) is 16.2 Å². The first-order valence-corrected chi connectivity index (χ1v) is 10.2. The van der Waals surface area contributed by atoms with Gasteiger partial charge in [0, 0.05) is 22.9 Å². The Bertz CT molecular complexity index is 923. The summed E-state index contributed by atoms with van der Waals surface area (Å²) in [6.07, 6.45) is 3.65. The number of carbonyl (C=O) groups excluding carboxylic acids is 2. The number of hydrogen-bond acceptors (Lipinski definition) is 5. The highest BCUT2D eigenvalue weighted by Gasteiger charge is 2.31. The highest BCUT2D eigenvalue weighted by atomic mass is 32.2. The lowest BCUT2D eigenvalue weighted by Gasteiger charge is -2.13. The Morgan fingerprint density at radius 3 is 2.68 bits per heavy atom. The lowest BCUT2D eigenvalue weighted by Crippen LogP contribution is -2.12. The van der Waals surface area contributed by atoms with Gasteiger partial charge in [-0.25, -0.2) is 4.79 Å². The Morgan fingerprint density at radius 1 is 1.25 bits per heavy atom. The van der Waals surface area contributed by atoms with E-state index in [-0.39, 0.29) is 11.7 Å². The minimum atomic E-state index is -0.669. The molecule has 0 saturated heterocycles. The summed E-state index contributed by atoms with van der Waals surface area (Å²) >= 11 is 1.30. The van der Waals surface area contributed by atoms with Crippen molar-refractivity contribution in [2.75, 3.05) is 24.4 Å². The third-order valence-electron chi connectivity index (χ3n) is 4.48. The van der Waals surface area contributed by atoms with Crippen molar-refractivity contribution in [3.63, 3.8) is 0 Å². The number of amidine groups is 1. The number of methoxy groups -OCH3 is 1. The fraction of sp³-hybridized carbons (Fsp3) is 0.286. The van der Waals surface area contributed by atoms with E-state index >= 15 is 0 Å². The molecule has 0 radical (unpaired) electrons. The number of carbonyl (C=O) groups is 2. The van der Waals surface area contributed by atoms with Crippen LogP contribution in [-0.2, 0) is 11.2 Å². The summed E-state index contributed by atoms with van der Waals surface area (Å²) in [5, 5.41) is 3.54. The second-order valence-electron chi connectivity index (χ2n) is 6.65. The number of ether oxygens (including phenoxy) is 1. The lowest BCUT2D eigenvalue weighted by atomic mass is 9.94. The number of anilines is 2. The molecule has 0 heterocycles. The van der Waals surface area contributed by atoms with E-state index in [2.05, 4.69) is 15.0 Å². The monoisotopic (exact) mass is 397 g/mol. The number of nitrogens with zero attached hydrogens (tertiary/aromatic N) is 1. The molecule has 0 unspecified atom stereocenters. The van der Waals surface area contributed by atoms with E-state index in [1.807, 2.05) is 48.7 Å². The maximum Gasteiger partial charge on any atom is 0.435 e. The molecule has 6 nitrogen and oxygen atoms in total. The molecule has 0 spiro atoms. The first kappa shape index (κ1) is 19.9. The Hall–Kier alpha value is -2.80. The van der Waals surface area contributed by atoms with E-state index in [0.29, 0.717) is 17.3 Å². The first-order valence-electron chi connectivity index (χ1n) is 8.99. The van der Waals surface area contributed by atoms with Gasteiger partial charge in [0.25, 0.3) is 0 Å². The fourth-order valence-corrected chi connectivity index (χ4v) is 3.31. The lowest BCUT2D eigenvalue weighted by molar-refractivity contribution is 0.0967. The number of nitrogens with two attached hydrogens (primary N) is 1. The third kappa shape index (κ3) is 5.13. The molecule has 7 heteroatoms. The van der Waals surface area contributed by atoms with Crippen LogP contribution in [0.3, 0.4) is 0 Å². The van der Waals surface area contributed by atoms with E-state index in [1.165, 1.54) is 18.9 Å². The molecule has 0 bridgehead atoms. The molecule has 1 aliphatic rings. The molecule has 2 aromatic carbocycles. The molecule has 1 aliphatic carbocycles. The Kier molecular flexibility index (Phi) is 6.36. The summed E-state index contributed by atoms with van der Waals surface area (Å²) in [7, 11) is 1.28. The van der Waals surface area contributed by atoms with Crippen molar-refractivity contribution in [2.45, 2.75) is 19.3 Å². The van der Waals surface area contributed by atoms with Crippen LogP contribution in [0.1, 0.15) is 34.3 Å². The van der Waals surface area contributed by atoms with Crippen molar-refractivity contribution < 1.29 is 14.3 Å². The molecule has 3 N–H and O–H groups in total. The third-order valence-corrected chi connectivity index (χ3v) is 5.06. The number of Topliss-reactive ketones (excluding diaryl/α,β-unsaturated/α-hetero) is 1. The number of thioether (sulfide) groups is 1. The molecular weight excluding hydrogens is 374 g/mol. The van der Waals surface area contributed by atoms with Gasteiger partial charge in [-0.1, -0.05) is 23.9 Å². The molecular formula is C21H23N3O3S. The highest BCUT2D eigenvalue weighted by Crippen LogP contribution is 2.34. The number of aliphatic imine (C=N–C) groups is 1. The maximum atomic E-state index is 12.7. The van der Waals surface area contributed by atoms with Crippen molar-refractivity contribution in [3.8, 4) is 0 Å². The standard InChI is InChI=1S/C21H23N3O3S/c1-27-21(26)24-20(28-2)23-17-8-9-18(19(25)14-6-7-14)15(12-17)10-13-4-3-5-16(22)11-13/h3-5,8-9,11-12,14H,6-7,10,22H2,1-2H3,(H,23,24,26). The topological polar surface area (TPSA) is 93.8 Å². The number of nitrogens with one attached hydrogen (secondary N) is 1. The van der Waals surface area contributed by atoms with E-state index < -0.39 is 6.09 Å². The van der Waals surface area contributed by atoms with Gasteiger partial charge in [-0.3, -0.25) is 4.79 Å². The van der Waals surface area contributed by atoms with Crippen LogP contribution in [0, 0.1) is 5.92 Å². The molecule has 0 aromatic heterocycles. The van der Waals surface area contributed by atoms with Crippen LogP contribution in [0.25, 0.3) is 0 Å². The van der Waals surface area contributed by atoms with Gasteiger partial charge < -0.3 is 15.8 Å². The van der Waals surface area contributed by atoms with E-state index in [9.17, 15) is 9.59 Å². The SMILES string of the molecule is COC(=O)N=C(Nc1ccc(C(=O)C2CC2)c(Cc2cccc(N)c2)c1)SC. The Balaban J connectivity index is 1.91. The summed E-state index contributed by atoms with van der Waals surface area (Å²) in [6, 6.07) is 13.3. The predicted octanol–water partition coefficient (Wildman–Crippen LogP) is 4.35. The van der Waals surface area contributed by atoms with Crippen molar-refractivity contribution in [2.24, 2.45) is 10.9 Å². The number of amides is 1. The van der Waals surface area contributed by atoms with Gasteiger partial charge in [-0.05, 0) is 67.0 Å². The number of hydrogen-bond donors (Lipinski definition) is 2. The van der Waals surface area contributed by atoms with Crippen LogP contribution < -0.4 is 11.1 Å². The molecule has 1 amide bonds. The summed E-state index contributed by atoms with van der Waals surface area (Å²) in [4.78, 5) is 28.0. The van der Waals surface area contributed by atoms with Crippen LogP contribution in [0.2, 0.25) is 0 Å². The largest absolute Gasteiger partial charge is 0.451 e. The normalized spacial score (nSPS) is 13.9. The summed E-state index contributed by atoms with van der Waals surface area (Å²) in [5.41, 5.74) is 10.0. The molecule has 2 aromatic rings. The summed E-state index contributed by atoms with van der Waals surface area (Å²) in [6.45, 7) is 0. The van der Waals surface area contributed by atoms with Crippen molar-refractivity contribution in [1.82, 2.24) is 0 Å². The predicted molar refractivity (Wildman–Crippen MR) is 114 cm³/mol. The second-order valence-corrected chi connectivity index (χ2v) is 7.44. The van der Waals surface area contributed by atoms with Gasteiger partial charge in [0.05, 0.1) is 7.11 Å². The fourth-order valence-electron chi connectivity index (χ4n) is 2.92. The summed E-state index contributed by atoms with van der Waals surface area (Å²) < 4.78 is 4.58. The van der Waals surface area contributed by atoms with E-state index in [1.54, 1.807) is 0 Å². The van der Waals surface area contributed by atoms with E-state index in [4.69, 9.17) is 5.73 Å². The minimum absolute atomic E-state index is 0.140.